The first-order valence-electron chi connectivity index (χ1n) is 11.4. The van der Waals surface area contributed by atoms with Crippen LogP contribution in [0.15, 0.2) is 42.5 Å². The Labute approximate surface area is 197 Å². The summed E-state index contributed by atoms with van der Waals surface area (Å²) in [4.78, 5) is 38.1. The van der Waals surface area contributed by atoms with Crippen LogP contribution in [0.3, 0.4) is 0 Å². The van der Waals surface area contributed by atoms with Gasteiger partial charge < -0.3 is 19.7 Å². The summed E-state index contributed by atoms with van der Waals surface area (Å²) in [6, 6.07) is 11.6. The van der Waals surface area contributed by atoms with E-state index in [0.29, 0.717) is 18.9 Å². The van der Waals surface area contributed by atoms with Gasteiger partial charge >= 0.3 is 0 Å². The Morgan fingerprint density at radius 1 is 1.15 bits per heavy atom. The zero-order valence-electron chi connectivity index (χ0n) is 19.2. The zero-order valence-corrected chi connectivity index (χ0v) is 19.2. The lowest BCUT2D eigenvalue weighted by molar-refractivity contribution is -0.384. The maximum Gasteiger partial charge on any atom is 0.269 e. The number of hydrogen-bond acceptors (Lipinski definition) is 6. The van der Waals surface area contributed by atoms with Crippen molar-refractivity contribution in [3.63, 3.8) is 0 Å². The van der Waals surface area contributed by atoms with Gasteiger partial charge in [0.15, 0.2) is 6.29 Å². The first-order chi connectivity index (χ1) is 16.2. The SMILES string of the molecule is CC1(C)COC(C2C(=O)N(Cc3ccc([N+](=O)[O-])cc3)c3ccc(NC(=O)C4CC4)cc32)OC1. The van der Waals surface area contributed by atoms with E-state index in [-0.39, 0.29) is 35.4 Å². The molecule has 2 heterocycles. The number of nitrogens with one attached hydrogen (secondary N) is 1. The van der Waals surface area contributed by atoms with Crippen molar-refractivity contribution in [1.82, 2.24) is 0 Å². The number of nitrogens with zero attached hydrogens (tertiary/aromatic N) is 2. The Bertz CT molecular complexity index is 1130. The van der Waals surface area contributed by atoms with Crippen LogP contribution in [0, 0.1) is 21.4 Å². The van der Waals surface area contributed by atoms with Gasteiger partial charge in [-0.1, -0.05) is 26.0 Å². The van der Waals surface area contributed by atoms with E-state index in [4.69, 9.17) is 9.47 Å². The smallest absolute Gasteiger partial charge is 0.269 e. The van der Waals surface area contributed by atoms with Gasteiger partial charge in [0.05, 0.1) is 24.7 Å². The van der Waals surface area contributed by atoms with Crippen molar-refractivity contribution in [1.29, 1.82) is 0 Å². The van der Waals surface area contributed by atoms with Gasteiger partial charge in [0.2, 0.25) is 11.8 Å². The lowest BCUT2D eigenvalue weighted by Gasteiger charge is -2.36. The van der Waals surface area contributed by atoms with Crippen molar-refractivity contribution in [2.24, 2.45) is 11.3 Å². The Balaban J connectivity index is 1.44. The van der Waals surface area contributed by atoms with Crippen molar-refractivity contribution in [3.05, 3.63) is 63.7 Å². The van der Waals surface area contributed by atoms with Crippen LogP contribution in [-0.2, 0) is 25.6 Å². The number of rotatable bonds is 6. The van der Waals surface area contributed by atoms with Crippen molar-refractivity contribution in [2.75, 3.05) is 23.4 Å². The third kappa shape index (κ3) is 4.41. The first kappa shape index (κ1) is 22.5. The Morgan fingerprint density at radius 3 is 2.44 bits per heavy atom. The highest BCUT2D eigenvalue weighted by Crippen LogP contribution is 2.44. The normalized spacial score (nSPS) is 21.9. The Morgan fingerprint density at radius 2 is 1.82 bits per heavy atom. The average molecular weight is 466 g/mol. The molecule has 0 spiro atoms. The molecule has 178 valence electrons. The zero-order chi connectivity index (χ0) is 24.0. The van der Waals surface area contributed by atoms with Gasteiger partial charge in [-0.2, -0.15) is 0 Å². The summed E-state index contributed by atoms with van der Waals surface area (Å²) in [5.74, 6) is -0.766. The van der Waals surface area contributed by atoms with E-state index in [2.05, 4.69) is 5.32 Å². The molecule has 1 saturated carbocycles. The van der Waals surface area contributed by atoms with Gasteiger partial charge in [-0.05, 0) is 42.2 Å². The second kappa shape index (κ2) is 8.48. The molecule has 0 radical (unpaired) electrons. The van der Waals surface area contributed by atoms with Crippen molar-refractivity contribution in [2.45, 2.75) is 45.4 Å². The highest BCUT2D eigenvalue weighted by atomic mass is 16.7. The number of ether oxygens (including phenoxy) is 2. The molecule has 5 rings (SSSR count). The van der Waals surface area contributed by atoms with Crippen molar-refractivity contribution < 1.29 is 24.0 Å². The Kier molecular flexibility index (Phi) is 5.61. The quantitative estimate of drug-likeness (QED) is 0.510. The van der Waals surface area contributed by atoms with E-state index in [9.17, 15) is 19.7 Å². The van der Waals surface area contributed by atoms with E-state index in [0.717, 1.165) is 29.7 Å². The third-order valence-corrected chi connectivity index (χ3v) is 6.44. The minimum absolute atomic E-state index is 0.00237. The number of hydrogen-bond donors (Lipinski definition) is 1. The Hall–Kier alpha value is -3.30. The van der Waals surface area contributed by atoms with Crippen LogP contribution < -0.4 is 10.2 Å². The lowest BCUT2D eigenvalue weighted by atomic mass is 9.93. The molecule has 1 N–H and O–H groups in total. The number of non-ortho nitro benzene ring substituents is 1. The highest BCUT2D eigenvalue weighted by Gasteiger charge is 2.46. The lowest BCUT2D eigenvalue weighted by Crippen LogP contribution is -2.43. The van der Waals surface area contributed by atoms with Crippen LogP contribution in [0.2, 0.25) is 0 Å². The predicted molar refractivity (Wildman–Crippen MR) is 124 cm³/mol. The van der Waals surface area contributed by atoms with Gasteiger partial charge in [-0.3, -0.25) is 19.7 Å². The van der Waals surface area contributed by atoms with Crippen LogP contribution in [0.5, 0.6) is 0 Å². The van der Waals surface area contributed by atoms with Crippen molar-refractivity contribution in [3.8, 4) is 0 Å². The summed E-state index contributed by atoms with van der Waals surface area (Å²) < 4.78 is 12.0. The summed E-state index contributed by atoms with van der Waals surface area (Å²) in [6.07, 6.45) is 1.08. The number of nitro groups is 1. The number of carbonyl (C=O) groups is 2. The fourth-order valence-electron chi connectivity index (χ4n) is 4.37. The number of anilines is 2. The van der Waals surface area contributed by atoms with E-state index >= 15 is 0 Å². The molecule has 34 heavy (non-hydrogen) atoms. The summed E-state index contributed by atoms with van der Waals surface area (Å²) in [7, 11) is 0. The second-order valence-electron chi connectivity index (χ2n) is 10.0. The minimum Gasteiger partial charge on any atom is -0.351 e. The fourth-order valence-corrected chi connectivity index (χ4v) is 4.37. The molecule has 2 amide bonds. The van der Waals surface area contributed by atoms with Crippen LogP contribution in [0.1, 0.15) is 43.7 Å². The molecule has 2 aromatic carbocycles. The van der Waals surface area contributed by atoms with Gasteiger partial charge in [-0.15, -0.1) is 0 Å². The molecule has 0 bridgehead atoms. The average Bonchev–Trinajstić information content (AvgIpc) is 3.61. The maximum atomic E-state index is 13.6. The maximum absolute atomic E-state index is 13.6. The van der Waals surface area contributed by atoms with E-state index < -0.39 is 17.1 Å². The minimum atomic E-state index is -0.726. The second-order valence-corrected chi connectivity index (χ2v) is 10.0. The molecular formula is C25H27N3O6. The van der Waals surface area contributed by atoms with E-state index in [1.165, 1.54) is 12.1 Å². The van der Waals surface area contributed by atoms with E-state index in [1.54, 1.807) is 23.1 Å². The largest absolute Gasteiger partial charge is 0.351 e. The van der Waals surface area contributed by atoms with Gasteiger partial charge in [-0.25, -0.2) is 0 Å². The van der Waals surface area contributed by atoms with Gasteiger partial charge in [0.25, 0.3) is 5.69 Å². The topological polar surface area (TPSA) is 111 Å². The number of carbonyl (C=O) groups excluding carboxylic acids is 2. The molecule has 1 unspecified atom stereocenters. The van der Waals surface area contributed by atoms with Gasteiger partial charge in [0.1, 0.15) is 5.92 Å². The molecule has 1 aliphatic carbocycles. The summed E-state index contributed by atoms with van der Waals surface area (Å²) in [5.41, 5.74) is 2.72. The van der Waals surface area contributed by atoms with Crippen LogP contribution in [-0.4, -0.2) is 36.2 Å². The molecule has 2 aromatic rings. The summed E-state index contributed by atoms with van der Waals surface area (Å²) >= 11 is 0. The molecule has 1 atom stereocenters. The molecule has 9 heteroatoms. The first-order valence-corrected chi connectivity index (χ1v) is 11.4. The summed E-state index contributed by atoms with van der Waals surface area (Å²) in [5, 5.41) is 13.9. The molecule has 2 fully saturated rings. The van der Waals surface area contributed by atoms with E-state index in [1.807, 2.05) is 26.0 Å². The van der Waals surface area contributed by atoms with Gasteiger partial charge in [0, 0.05) is 34.8 Å². The fraction of sp³-hybridized carbons (Fsp3) is 0.440. The van der Waals surface area contributed by atoms with Crippen molar-refractivity contribution >= 4 is 28.9 Å². The number of nitro benzene ring substituents is 1. The molecule has 0 aromatic heterocycles. The molecular weight excluding hydrogens is 438 g/mol. The number of fused-ring (bicyclic) bond motifs is 1. The highest BCUT2D eigenvalue weighted by molar-refractivity contribution is 6.06. The standard InChI is InChI=1S/C25H27N3O6/c1-25(2)13-33-24(34-14-25)21-19-11-17(26-22(29)16-5-6-16)7-10-20(19)27(23(21)30)12-15-3-8-18(9-4-15)28(31)32/h3-4,7-11,16,21,24H,5-6,12-14H2,1-2H3,(H,26,29). The van der Waals surface area contributed by atoms with Crippen LogP contribution in [0.25, 0.3) is 0 Å². The monoisotopic (exact) mass is 465 g/mol. The molecule has 3 aliphatic rings. The summed E-state index contributed by atoms with van der Waals surface area (Å²) in [6.45, 7) is 5.28. The van der Waals surface area contributed by atoms with Crippen LogP contribution >= 0.6 is 0 Å². The number of benzene rings is 2. The third-order valence-electron chi connectivity index (χ3n) is 6.44. The molecule has 9 nitrogen and oxygen atoms in total. The van der Waals surface area contributed by atoms with Crippen LogP contribution in [0.4, 0.5) is 17.1 Å². The molecule has 1 saturated heterocycles. The number of amides is 2. The predicted octanol–water partition coefficient (Wildman–Crippen LogP) is 3.97. The molecule has 2 aliphatic heterocycles.